The number of nitrogens with one attached hydrogen (secondary N) is 1. The number of carbonyl (C=O) groups is 3. The summed E-state index contributed by atoms with van der Waals surface area (Å²) in [5.74, 6) is -1.21. The van der Waals surface area contributed by atoms with Crippen LogP contribution in [0.4, 0.5) is 4.79 Å². The third-order valence-electron chi connectivity index (χ3n) is 5.28. The van der Waals surface area contributed by atoms with E-state index in [2.05, 4.69) is 5.32 Å². The number of likely N-dealkylation sites (tertiary alicyclic amines) is 1. The first-order chi connectivity index (χ1) is 11.8. The van der Waals surface area contributed by atoms with Crippen LogP contribution in [0.15, 0.2) is 0 Å². The maximum absolute atomic E-state index is 13.0. The van der Waals surface area contributed by atoms with Crippen LogP contribution in [-0.2, 0) is 14.3 Å². The van der Waals surface area contributed by atoms with Crippen LogP contribution in [0.25, 0.3) is 0 Å². The van der Waals surface area contributed by atoms with Crippen molar-refractivity contribution in [2.24, 2.45) is 17.3 Å². The van der Waals surface area contributed by atoms with Crippen molar-refractivity contribution in [2.75, 3.05) is 27.2 Å². The molecule has 2 amide bonds. The highest BCUT2D eigenvalue weighted by Gasteiger charge is 2.69. The summed E-state index contributed by atoms with van der Waals surface area (Å²) < 4.78 is 5.24. The van der Waals surface area contributed by atoms with Gasteiger partial charge in [0.25, 0.3) is 0 Å². The van der Waals surface area contributed by atoms with Crippen LogP contribution in [0, 0.1) is 17.3 Å². The Bertz CT molecular complexity index is 596. The van der Waals surface area contributed by atoms with E-state index in [-0.39, 0.29) is 29.7 Å². The molecule has 2 aliphatic rings. The topological polar surface area (TPSA) is 99.2 Å². The molecule has 1 aliphatic carbocycles. The molecule has 0 aromatic heterocycles. The van der Waals surface area contributed by atoms with Gasteiger partial charge in [-0.25, -0.2) is 9.59 Å². The number of piperidine rings is 1. The Balaban J connectivity index is 2.14. The third kappa shape index (κ3) is 4.11. The fraction of sp³-hybridized carbons (Fsp3) is 0.833. The smallest absolute Gasteiger partial charge is 0.408 e. The summed E-state index contributed by atoms with van der Waals surface area (Å²) in [6, 6.07) is -1.70. The predicted molar refractivity (Wildman–Crippen MR) is 95.6 cm³/mol. The van der Waals surface area contributed by atoms with Gasteiger partial charge in [-0.05, 0) is 46.2 Å². The van der Waals surface area contributed by atoms with Gasteiger partial charge in [-0.3, -0.25) is 4.79 Å². The molecule has 148 valence electrons. The zero-order valence-corrected chi connectivity index (χ0v) is 16.7. The second kappa shape index (κ2) is 6.72. The van der Waals surface area contributed by atoms with Gasteiger partial charge >= 0.3 is 12.1 Å². The van der Waals surface area contributed by atoms with Crippen LogP contribution in [0.3, 0.4) is 0 Å². The largest absolute Gasteiger partial charge is 0.480 e. The number of fused-ring (bicyclic) bond motifs is 1. The van der Waals surface area contributed by atoms with E-state index >= 15 is 0 Å². The number of rotatable bonds is 5. The average Bonchev–Trinajstić information content (AvgIpc) is 2.82. The lowest BCUT2D eigenvalue weighted by Crippen LogP contribution is -2.57. The number of carbonyl (C=O) groups excluding carboxylic acids is 2. The van der Waals surface area contributed by atoms with Gasteiger partial charge in [0, 0.05) is 19.0 Å². The van der Waals surface area contributed by atoms with Gasteiger partial charge in [0.05, 0.1) is 0 Å². The highest BCUT2D eigenvalue weighted by Crippen LogP contribution is 2.64. The van der Waals surface area contributed by atoms with Gasteiger partial charge in [-0.2, -0.15) is 0 Å². The summed E-state index contributed by atoms with van der Waals surface area (Å²) in [5, 5.41) is 12.2. The number of carboxylic acid groups (broad SMARTS) is 1. The number of likely N-dealkylation sites (N-methyl/N-ethyl adjacent to an activating group) is 1. The fourth-order valence-electron chi connectivity index (χ4n) is 4.00. The molecular weight excluding hydrogens is 338 g/mol. The SMILES string of the molecule is CN(C)C[C@H](NC(=O)OC(C)(C)C)C(=O)N1C[C@H]2[C@@H]([C@H]1C(=O)O)C2(C)C. The van der Waals surface area contributed by atoms with Crippen molar-refractivity contribution in [3.63, 3.8) is 0 Å². The molecule has 0 spiro atoms. The zero-order chi connectivity index (χ0) is 20.0. The van der Waals surface area contributed by atoms with E-state index in [1.807, 2.05) is 13.8 Å². The van der Waals surface area contributed by atoms with Crippen LogP contribution in [0.5, 0.6) is 0 Å². The highest BCUT2D eigenvalue weighted by atomic mass is 16.6. The van der Waals surface area contributed by atoms with Crippen LogP contribution >= 0.6 is 0 Å². The quantitative estimate of drug-likeness (QED) is 0.750. The van der Waals surface area contributed by atoms with Crippen molar-refractivity contribution >= 4 is 18.0 Å². The molecule has 0 bridgehead atoms. The van der Waals surface area contributed by atoms with Crippen molar-refractivity contribution < 1.29 is 24.2 Å². The van der Waals surface area contributed by atoms with E-state index in [4.69, 9.17) is 4.74 Å². The first-order valence-electron chi connectivity index (χ1n) is 8.93. The van der Waals surface area contributed by atoms with Crippen molar-refractivity contribution in [1.29, 1.82) is 0 Å². The first kappa shape index (κ1) is 20.5. The molecule has 0 aromatic carbocycles. The minimum Gasteiger partial charge on any atom is -0.480 e. The number of ether oxygens (including phenoxy) is 1. The lowest BCUT2D eigenvalue weighted by Gasteiger charge is -2.32. The number of hydrogen-bond acceptors (Lipinski definition) is 5. The van der Waals surface area contributed by atoms with E-state index in [1.165, 1.54) is 4.90 Å². The third-order valence-corrected chi connectivity index (χ3v) is 5.28. The minimum atomic E-state index is -0.989. The number of alkyl carbamates (subject to hydrolysis) is 1. The number of amides is 2. The summed E-state index contributed by atoms with van der Waals surface area (Å²) in [4.78, 5) is 40.1. The molecule has 2 rings (SSSR count). The molecule has 8 nitrogen and oxygen atoms in total. The van der Waals surface area contributed by atoms with Crippen molar-refractivity contribution in [1.82, 2.24) is 15.1 Å². The normalized spacial score (nSPS) is 27.7. The van der Waals surface area contributed by atoms with Gasteiger partial charge < -0.3 is 25.0 Å². The molecule has 8 heteroatoms. The number of hydrogen-bond donors (Lipinski definition) is 2. The molecule has 1 heterocycles. The molecule has 2 fully saturated rings. The lowest BCUT2D eigenvalue weighted by atomic mass is 10.0. The van der Waals surface area contributed by atoms with Crippen LogP contribution in [-0.4, -0.2) is 77.7 Å². The van der Waals surface area contributed by atoms with E-state index in [9.17, 15) is 19.5 Å². The average molecular weight is 369 g/mol. The Morgan fingerprint density at radius 3 is 2.35 bits per heavy atom. The minimum absolute atomic E-state index is 0.0366. The molecule has 1 aliphatic heterocycles. The van der Waals surface area contributed by atoms with Crippen molar-refractivity contribution in [3.8, 4) is 0 Å². The first-order valence-corrected chi connectivity index (χ1v) is 8.93. The molecule has 0 unspecified atom stereocenters. The van der Waals surface area contributed by atoms with E-state index in [1.54, 1.807) is 39.8 Å². The Morgan fingerprint density at radius 1 is 1.31 bits per heavy atom. The van der Waals surface area contributed by atoms with Gasteiger partial charge in [0.2, 0.25) is 5.91 Å². The Kier molecular flexibility index (Phi) is 5.29. The second-order valence-electron chi connectivity index (χ2n) is 9.19. The van der Waals surface area contributed by atoms with Crippen molar-refractivity contribution in [2.45, 2.75) is 52.3 Å². The maximum Gasteiger partial charge on any atom is 0.408 e. The molecule has 4 atom stereocenters. The summed E-state index contributed by atoms with van der Waals surface area (Å²) in [6.45, 7) is 9.98. The molecule has 1 saturated carbocycles. The molecule has 1 saturated heterocycles. The Morgan fingerprint density at radius 2 is 1.88 bits per heavy atom. The lowest BCUT2D eigenvalue weighted by molar-refractivity contribution is -0.151. The van der Waals surface area contributed by atoms with E-state index < -0.39 is 29.7 Å². The van der Waals surface area contributed by atoms with Crippen LogP contribution < -0.4 is 5.32 Å². The number of aliphatic carboxylic acids is 1. The summed E-state index contributed by atoms with van der Waals surface area (Å²) in [6.07, 6.45) is -0.686. The van der Waals surface area contributed by atoms with Crippen molar-refractivity contribution in [3.05, 3.63) is 0 Å². The van der Waals surface area contributed by atoms with E-state index in [0.717, 1.165) is 0 Å². The predicted octanol–water partition coefficient (Wildman–Crippen LogP) is 1.01. The van der Waals surface area contributed by atoms with Crippen LogP contribution in [0.1, 0.15) is 34.6 Å². The van der Waals surface area contributed by atoms with Gasteiger partial charge in [0.1, 0.15) is 17.7 Å². The summed E-state index contributed by atoms with van der Waals surface area (Å²) in [7, 11) is 3.58. The standard InChI is InChI=1S/C18H31N3O5/c1-17(2,3)26-16(25)19-11(9-20(6)7)14(22)21-8-10-12(18(10,4)5)13(21)15(23)24/h10-13H,8-9H2,1-7H3,(H,19,25)(H,23,24)/t10-,11-,12-,13-/m0/s1. The number of nitrogens with zero attached hydrogens (tertiary/aromatic N) is 2. The van der Waals surface area contributed by atoms with Crippen LogP contribution in [0.2, 0.25) is 0 Å². The highest BCUT2D eigenvalue weighted by molar-refractivity contribution is 5.90. The zero-order valence-electron chi connectivity index (χ0n) is 16.7. The summed E-state index contributed by atoms with van der Waals surface area (Å²) >= 11 is 0. The van der Waals surface area contributed by atoms with Gasteiger partial charge in [0.15, 0.2) is 0 Å². The monoisotopic (exact) mass is 369 g/mol. The molecule has 0 aromatic rings. The summed E-state index contributed by atoms with van der Waals surface area (Å²) in [5.41, 5.74) is -0.742. The molecule has 26 heavy (non-hydrogen) atoms. The Labute approximate surface area is 154 Å². The molecule has 0 radical (unpaired) electrons. The Hall–Kier alpha value is -1.83. The maximum atomic E-state index is 13.0. The molecule has 2 N–H and O–H groups in total. The van der Waals surface area contributed by atoms with Gasteiger partial charge in [-0.1, -0.05) is 13.8 Å². The molecular formula is C18H31N3O5. The second-order valence-corrected chi connectivity index (χ2v) is 9.19. The van der Waals surface area contributed by atoms with Gasteiger partial charge in [-0.15, -0.1) is 0 Å². The fourth-order valence-corrected chi connectivity index (χ4v) is 4.00. The van der Waals surface area contributed by atoms with E-state index in [0.29, 0.717) is 6.54 Å². The number of carboxylic acids is 1.